The van der Waals surface area contributed by atoms with Crippen LogP contribution in [0, 0.1) is 11.7 Å². The fourth-order valence-corrected chi connectivity index (χ4v) is 3.27. The van der Waals surface area contributed by atoms with Crippen LogP contribution in [0.2, 0.25) is 0 Å². The van der Waals surface area contributed by atoms with Crippen molar-refractivity contribution in [2.45, 2.75) is 18.9 Å². The van der Waals surface area contributed by atoms with Crippen LogP contribution in [0.15, 0.2) is 18.2 Å². The number of nitrogens with one attached hydrogen (secondary N) is 1. The summed E-state index contributed by atoms with van der Waals surface area (Å²) in [5.74, 6) is 0.277. The highest BCUT2D eigenvalue weighted by Gasteiger charge is 2.23. The Hall–Kier alpha value is -1.17. The minimum Gasteiger partial charge on any atom is -0.378 e. The van der Waals surface area contributed by atoms with Gasteiger partial charge in [0.15, 0.2) is 0 Å². The molecule has 5 heteroatoms. The third kappa shape index (κ3) is 3.36. The van der Waals surface area contributed by atoms with E-state index in [2.05, 4.69) is 5.32 Å². The Labute approximate surface area is 125 Å². The Kier molecular flexibility index (Phi) is 4.73. The lowest BCUT2D eigenvalue weighted by Gasteiger charge is -2.31. The first kappa shape index (κ1) is 14.8. The maximum absolute atomic E-state index is 14.4. The van der Waals surface area contributed by atoms with E-state index in [9.17, 15) is 4.39 Å². The molecule has 2 aliphatic heterocycles. The van der Waals surface area contributed by atoms with E-state index >= 15 is 0 Å². The van der Waals surface area contributed by atoms with E-state index in [0.717, 1.165) is 44.6 Å². The second-order valence-electron chi connectivity index (χ2n) is 5.92. The standard InChI is InChI=1S/C16H24FN3O/c17-14-11-13(16(18)12-3-5-19-6-4-12)1-2-15(14)20-7-9-21-10-8-20/h1-2,11-12,16,19H,3-10,18H2. The van der Waals surface area contributed by atoms with Gasteiger partial charge >= 0.3 is 0 Å². The maximum Gasteiger partial charge on any atom is 0.146 e. The summed E-state index contributed by atoms with van der Waals surface area (Å²) in [5, 5.41) is 3.34. The number of piperidine rings is 1. The molecule has 21 heavy (non-hydrogen) atoms. The van der Waals surface area contributed by atoms with Crippen molar-refractivity contribution in [3.8, 4) is 0 Å². The van der Waals surface area contributed by atoms with Gasteiger partial charge < -0.3 is 20.7 Å². The van der Waals surface area contributed by atoms with Crippen LogP contribution in [0.1, 0.15) is 24.4 Å². The highest BCUT2D eigenvalue weighted by molar-refractivity contribution is 5.50. The molecule has 0 aliphatic carbocycles. The minimum absolute atomic E-state index is 0.0691. The van der Waals surface area contributed by atoms with E-state index in [0.29, 0.717) is 24.8 Å². The number of rotatable bonds is 3. The number of morpholine rings is 1. The molecular weight excluding hydrogens is 269 g/mol. The van der Waals surface area contributed by atoms with E-state index in [1.54, 1.807) is 6.07 Å². The van der Waals surface area contributed by atoms with Crippen molar-refractivity contribution in [3.63, 3.8) is 0 Å². The summed E-state index contributed by atoms with van der Waals surface area (Å²) in [5.41, 5.74) is 7.92. The molecule has 2 aliphatic rings. The smallest absolute Gasteiger partial charge is 0.146 e. The number of hydrogen-bond donors (Lipinski definition) is 2. The van der Waals surface area contributed by atoms with Crippen LogP contribution in [0.5, 0.6) is 0 Å². The fourth-order valence-electron chi connectivity index (χ4n) is 3.27. The summed E-state index contributed by atoms with van der Waals surface area (Å²) in [4.78, 5) is 2.04. The van der Waals surface area contributed by atoms with Crippen molar-refractivity contribution >= 4 is 5.69 Å². The molecule has 0 radical (unpaired) electrons. The van der Waals surface area contributed by atoms with Crippen LogP contribution < -0.4 is 16.0 Å². The molecule has 0 saturated carbocycles. The number of hydrogen-bond acceptors (Lipinski definition) is 4. The van der Waals surface area contributed by atoms with Crippen molar-refractivity contribution in [3.05, 3.63) is 29.6 Å². The van der Waals surface area contributed by atoms with Gasteiger partial charge in [-0.15, -0.1) is 0 Å². The van der Waals surface area contributed by atoms with E-state index < -0.39 is 0 Å². The second kappa shape index (κ2) is 6.73. The third-order valence-corrected chi connectivity index (χ3v) is 4.60. The second-order valence-corrected chi connectivity index (χ2v) is 5.92. The zero-order valence-corrected chi connectivity index (χ0v) is 12.4. The molecule has 1 atom stereocenters. The number of ether oxygens (including phenoxy) is 1. The van der Waals surface area contributed by atoms with Crippen LogP contribution in [0.3, 0.4) is 0 Å². The van der Waals surface area contributed by atoms with Crippen molar-refractivity contribution < 1.29 is 9.13 Å². The van der Waals surface area contributed by atoms with E-state index in [-0.39, 0.29) is 11.9 Å². The molecular formula is C16H24FN3O. The summed E-state index contributed by atoms with van der Waals surface area (Å²) in [6, 6.07) is 5.41. The number of benzene rings is 1. The summed E-state index contributed by atoms with van der Waals surface area (Å²) < 4.78 is 19.7. The molecule has 3 rings (SSSR count). The van der Waals surface area contributed by atoms with Crippen molar-refractivity contribution in [1.82, 2.24) is 5.32 Å². The van der Waals surface area contributed by atoms with Crippen LogP contribution in [0.25, 0.3) is 0 Å². The van der Waals surface area contributed by atoms with E-state index in [1.165, 1.54) is 0 Å². The van der Waals surface area contributed by atoms with Crippen molar-refractivity contribution in [2.24, 2.45) is 11.7 Å². The fraction of sp³-hybridized carbons (Fsp3) is 0.625. The maximum atomic E-state index is 14.4. The van der Waals surface area contributed by atoms with Crippen molar-refractivity contribution in [1.29, 1.82) is 0 Å². The molecule has 2 saturated heterocycles. The molecule has 3 N–H and O–H groups in total. The van der Waals surface area contributed by atoms with Gasteiger partial charge in [-0.05, 0) is 49.5 Å². The molecule has 4 nitrogen and oxygen atoms in total. The largest absolute Gasteiger partial charge is 0.378 e. The first-order chi connectivity index (χ1) is 10.3. The van der Waals surface area contributed by atoms with Crippen LogP contribution in [-0.4, -0.2) is 39.4 Å². The van der Waals surface area contributed by atoms with Gasteiger partial charge in [0.25, 0.3) is 0 Å². The van der Waals surface area contributed by atoms with Gasteiger partial charge in [0.2, 0.25) is 0 Å². The summed E-state index contributed by atoms with van der Waals surface area (Å²) in [6.45, 7) is 4.83. The molecule has 1 aromatic carbocycles. The lowest BCUT2D eigenvalue weighted by Crippen LogP contribution is -2.37. The van der Waals surface area contributed by atoms with Crippen molar-refractivity contribution in [2.75, 3.05) is 44.3 Å². The Bertz CT molecular complexity index is 471. The van der Waals surface area contributed by atoms with Crippen LogP contribution >= 0.6 is 0 Å². The monoisotopic (exact) mass is 293 g/mol. The van der Waals surface area contributed by atoms with Gasteiger partial charge in [-0.3, -0.25) is 0 Å². The molecule has 0 bridgehead atoms. The van der Waals surface area contributed by atoms with Gasteiger partial charge in [0.1, 0.15) is 5.82 Å². The average Bonchev–Trinajstić information content (AvgIpc) is 2.55. The summed E-state index contributed by atoms with van der Waals surface area (Å²) in [7, 11) is 0. The summed E-state index contributed by atoms with van der Waals surface area (Å²) >= 11 is 0. The normalized spacial score (nSPS) is 22.3. The topological polar surface area (TPSA) is 50.5 Å². The van der Waals surface area contributed by atoms with E-state index in [4.69, 9.17) is 10.5 Å². The molecule has 0 spiro atoms. The number of nitrogens with two attached hydrogens (primary N) is 1. The van der Waals surface area contributed by atoms with Gasteiger partial charge in [-0.25, -0.2) is 4.39 Å². The van der Waals surface area contributed by atoms with Gasteiger partial charge in [-0.1, -0.05) is 6.07 Å². The number of anilines is 1. The number of halogens is 1. The minimum atomic E-state index is -0.168. The third-order valence-electron chi connectivity index (χ3n) is 4.60. The zero-order chi connectivity index (χ0) is 14.7. The first-order valence-corrected chi connectivity index (χ1v) is 7.84. The highest BCUT2D eigenvalue weighted by Crippen LogP contribution is 2.30. The Morgan fingerprint density at radius 3 is 2.62 bits per heavy atom. The quantitative estimate of drug-likeness (QED) is 0.890. The van der Waals surface area contributed by atoms with Crippen LogP contribution in [-0.2, 0) is 4.74 Å². The molecule has 1 aromatic rings. The molecule has 1 unspecified atom stereocenters. The highest BCUT2D eigenvalue weighted by atomic mass is 19.1. The van der Waals surface area contributed by atoms with Crippen LogP contribution in [0.4, 0.5) is 10.1 Å². The lowest BCUT2D eigenvalue weighted by molar-refractivity contribution is 0.122. The first-order valence-electron chi connectivity index (χ1n) is 7.84. The molecule has 2 heterocycles. The molecule has 2 fully saturated rings. The number of nitrogens with zero attached hydrogens (tertiary/aromatic N) is 1. The Morgan fingerprint density at radius 2 is 1.95 bits per heavy atom. The zero-order valence-electron chi connectivity index (χ0n) is 12.4. The Morgan fingerprint density at radius 1 is 1.24 bits per heavy atom. The molecule has 116 valence electrons. The summed E-state index contributed by atoms with van der Waals surface area (Å²) in [6.07, 6.45) is 2.13. The Balaban J connectivity index is 1.73. The van der Waals surface area contributed by atoms with Gasteiger partial charge in [0, 0.05) is 19.1 Å². The lowest BCUT2D eigenvalue weighted by atomic mass is 9.86. The predicted octanol–water partition coefficient (Wildman–Crippen LogP) is 1.66. The molecule has 0 amide bonds. The van der Waals surface area contributed by atoms with Gasteiger partial charge in [0.05, 0.1) is 18.9 Å². The van der Waals surface area contributed by atoms with E-state index in [1.807, 2.05) is 17.0 Å². The average molecular weight is 293 g/mol. The van der Waals surface area contributed by atoms with Gasteiger partial charge in [-0.2, -0.15) is 0 Å². The predicted molar refractivity (Wildman–Crippen MR) is 82.0 cm³/mol. The SMILES string of the molecule is NC(c1ccc(N2CCOCC2)c(F)c1)C1CCNCC1. The molecule has 0 aromatic heterocycles.